The lowest BCUT2D eigenvalue weighted by molar-refractivity contribution is -0.192. The van der Waals surface area contributed by atoms with E-state index in [0.717, 1.165) is 31.2 Å². The summed E-state index contributed by atoms with van der Waals surface area (Å²) in [5.41, 5.74) is 3.04. The number of carboxylic acid groups (broad SMARTS) is 1. The number of alkyl halides is 3. The van der Waals surface area contributed by atoms with E-state index in [1.54, 1.807) is 11.8 Å². The minimum absolute atomic E-state index is 0.0281. The highest BCUT2D eigenvalue weighted by molar-refractivity contribution is 5.94. The van der Waals surface area contributed by atoms with Crippen molar-refractivity contribution in [2.45, 2.75) is 96.7 Å². The average Bonchev–Trinajstić information content (AvgIpc) is 3.49. The Balaban J connectivity index is 0.000000707. The number of aliphatic carboxylic acids is 1. The Morgan fingerprint density at radius 3 is 2.20 bits per heavy atom. The van der Waals surface area contributed by atoms with Crippen LogP contribution in [0.5, 0.6) is 0 Å². The van der Waals surface area contributed by atoms with Crippen molar-refractivity contribution in [2.24, 2.45) is 5.41 Å². The van der Waals surface area contributed by atoms with E-state index in [-0.39, 0.29) is 23.8 Å². The monoisotopic (exact) mass is 632 g/mol. The molecule has 0 aromatic heterocycles. The van der Waals surface area contributed by atoms with Crippen molar-refractivity contribution in [3.63, 3.8) is 0 Å². The van der Waals surface area contributed by atoms with Gasteiger partial charge in [-0.05, 0) is 61.1 Å². The maximum atomic E-state index is 13.8. The van der Waals surface area contributed by atoms with E-state index in [9.17, 15) is 27.6 Å². The molecule has 1 fully saturated rings. The van der Waals surface area contributed by atoms with E-state index in [0.29, 0.717) is 19.5 Å². The van der Waals surface area contributed by atoms with Gasteiger partial charge in [0.05, 0.1) is 12.1 Å². The van der Waals surface area contributed by atoms with Crippen LogP contribution in [-0.4, -0.2) is 64.5 Å². The number of amides is 3. The maximum Gasteiger partial charge on any atom is 0.490 e. The normalized spacial score (nSPS) is 19.3. The van der Waals surface area contributed by atoms with E-state index < -0.39 is 35.7 Å². The van der Waals surface area contributed by atoms with Crippen LogP contribution >= 0.6 is 0 Å². The highest BCUT2D eigenvalue weighted by atomic mass is 19.4. The molecule has 3 amide bonds. The summed E-state index contributed by atoms with van der Waals surface area (Å²) in [5, 5.41) is 16.6. The Kier molecular flexibility index (Phi) is 12.1. The van der Waals surface area contributed by atoms with Gasteiger partial charge in [0, 0.05) is 13.1 Å². The molecule has 9 nitrogen and oxygen atoms in total. The van der Waals surface area contributed by atoms with Gasteiger partial charge in [0.2, 0.25) is 17.7 Å². The highest BCUT2D eigenvalue weighted by Gasteiger charge is 2.43. The van der Waals surface area contributed by atoms with E-state index in [4.69, 9.17) is 9.90 Å². The molecule has 2 aromatic rings. The van der Waals surface area contributed by atoms with E-state index in [2.05, 4.69) is 28.1 Å². The number of benzene rings is 2. The Morgan fingerprint density at radius 1 is 0.956 bits per heavy atom. The second-order valence-electron chi connectivity index (χ2n) is 12.5. The number of carbonyl (C=O) groups excluding carboxylic acids is 3. The number of carboxylic acids is 1. The number of likely N-dealkylation sites (tertiary alicyclic amines) is 1. The van der Waals surface area contributed by atoms with Crippen LogP contribution in [0.25, 0.3) is 0 Å². The largest absolute Gasteiger partial charge is 0.490 e. The van der Waals surface area contributed by atoms with Gasteiger partial charge in [-0.3, -0.25) is 14.4 Å². The van der Waals surface area contributed by atoms with Crippen LogP contribution in [0.15, 0.2) is 54.6 Å². The van der Waals surface area contributed by atoms with Crippen LogP contribution < -0.4 is 16.0 Å². The van der Waals surface area contributed by atoms with E-state index in [1.165, 1.54) is 11.1 Å². The number of fused-ring (bicyclic) bond motifs is 1. The molecular formula is C33H43F3N4O5. The molecule has 4 unspecified atom stereocenters. The van der Waals surface area contributed by atoms with Crippen molar-refractivity contribution < 1.29 is 37.5 Å². The Hall–Kier alpha value is -3.93. The van der Waals surface area contributed by atoms with Gasteiger partial charge < -0.3 is 26.0 Å². The molecule has 0 radical (unpaired) electrons. The number of nitrogens with one attached hydrogen (secondary N) is 3. The van der Waals surface area contributed by atoms with Crippen LogP contribution in [0.4, 0.5) is 13.2 Å². The molecule has 4 N–H and O–H groups in total. The fourth-order valence-corrected chi connectivity index (χ4v) is 5.52. The summed E-state index contributed by atoms with van der Waals surface area (Å²) < 4.78 is 31.7. The molecule has 1 aliphatic carbocycles. The zero-order valence-electron chi connectivity index (χ0n) is 26.1. The van der Waals surface area contributed by atoms with E-state index in [1.807, 2.05) is 63.2 Å². The van der Waals surface area contributed by atoms with Crippen LogP contribution in [0, 0.1) is 5.41 Å². The lowest BCUT2D eigenvalue weighted by Crippen LogP contribution is -2.59. The summed E-state index contributed by atoms with van der Waals surface area (Å²) in [4.78, 5) is 51.0. The first-order valence-corrected chi connectivity index (χ1v) is 15.2. The second kappa shape index (κ2) is 15.4. The van der Waals surface area contributed by atoms with Gasteiger partial charge in [0.15, 0.2) is 0 Å². The number of halogens is 3. The first kappa shape index (κ1) is 35.5. The third-order valence-corrected chi connectivity index (χ3v) is 8.01. The maximum absolute atomic E-state index is 13.8. The van der Waals surface area contributed by atoms with Crippen molar-refractivity contribution in [3.8, 4) is 0 Å². The Morgan fingerprint density at radius 2 is 1.58 bits per heavy atom. The minimum Gasteiger partial charge on any atom is -0.475 e. The van der Waals surface area contributed by atoms with Crippen molar-refractivity contribution >= 4 is 23.7 Å². The fraction of sp³-hybridized carbons (Fsp3) is 0.515. The third-order valence-electron chi connectivity index (χ3n) is 8.01. The summed E-state index contributed by atoms with van der Waals surface area (Å²) in [6.45, 7) is 8.72. The number of hydrogen-bond donors (Lipinski definition) is 4. The molecule has 0 saturated carbocycles. The van der Waals surface area contributed by atoms with Gasteiger partial charge in [-0.25, -0.2) is 4.79 Å². The van der Waals surface area contributed by atoms with Crippen LogP contribution in [0.3, 0.4) is 0 Å². The molecule has 1 heterocycles. The van der Waals surface area contributed by atoms with Gasteiger partial charge >= 0.3 is 12.1 Å². The molecule has 2 aromatic carbocycles. The fourth-order valence-electron chi connectivity index (χ4n) is 5.52. The van der Waals surface area contributed by atoms with Crippen molar-refractivity contribution in [1.82, 2.24) is 20.9 Å². The zero-order valence-corrected chi connectivity index (χ0v) is 26.1. The van der Waals surface area contributed by atoms with Crippen molar-refractivity contribution in [2.75, 3.05) is 6.54 Å². The molecule has 0 spiro atoms. The molecule has 2 aliphatic rings. The first-order valence-electron chi connectivity index (χ1n) is 15.2. The Bertz CT molecular complexity index is 1330. The van der Waals surface area contributed by atoms with Gasteiger partial charge in [0.25, 0.3) is 0 Å². The lowest BCUT2D eigenvalue weighted by atomic mass is 9.85. The topological polar surface area (TPSA) is 128 Å². The molecule has 12 heteroatoms. The molecule has 0 bridgehead atoms. The summed E-state index contributed by atoms with van der Waals surface area (Å²) in [7, 11) is 0. The standard InChI is InChI=1S/C31H42N4O3.C2HF3O2/c1-21(32-20-22-12-6-5-7-13-22)28(36)34-27(31(2,3)4)30(38)35-19-11-18-26(35)29(37)33-25-17-10-15-23-14-8-9-16-24(23)25;3-2(4,5)1(6)7/h5-9,12-14,16,21,25-27,32H,10-11,15,17-20H2,1-4H3,(H,33,37)(H,34,36);(H,6,7). The number of aryl methyl sites for hydroxylation is 1. The van der Waals surface area contributed by atoms with Gasteiger partial charge in [-0.1, -0.05) is 75.4 Å². The SMILES string of the molecule is CC(NCc1ccccc1)C(=O)NC(C(=O)N1CCCC1C(=O)NC1CCCc2ccccc21)C(C)(C)C.O=C(O)C(F)(F)F. The summed E-state index contributed by atoms with van der Waals surface area (Å²) in [6.07, 6.45) is -0.721. The molecule has 45 heavy (non-hydrogen) atoms. The summed E-state index contributed by atoms with van der Waals surface area (Å²) >= 11 is 0. The number of carbonyl (C=O) groups is 4. The summed E-state index contributed by atoms with van der Waals surface area (Å²) in [6, 6.07) is 16.4. The molecule has 1 saturated heterocycles. The third kappa shape index (κ3) is 10.0. The molecule has 4 rings (SSSR count). The quantitative estimate of drug-likeness (QED) is 0.339. The number of nitrogens with zero attached hydrogens (tertiary/aromatic N) is 1. The van der Waals surface area contributed by atoms with Gasteiger partial charge in [-0.2, -0.15) is 13.2 Å². The van der Waals surface area contributed by atoms with Crippen LogP contribution in [0.2, 0.25) is 0 Å². The molecule has 246 valence electrons. The number of hydrogen-bond acceptors (Lipinski definition) is 5. The predicted molar refractivity (Wildman–Crippen MR) is 163 cm³/mol. The number of rotatable bonds is 8. The van der Waals surface area contributed by atoms with Crippen molar-refractivity contribution in [1.29, 1.82) is 0 Å². The molecule has 4 atom stereocenters. The van der Waals surface area contributed by atoms with Crippen molar-refractivity contribution in [3.05, 3.63) is 71.3 Å². The van der Waals surface area contributed by atoms with E-state index >= 15 is 0 Å². The minimum atomic E-state index is -5.08. The van der Waals surface area contributed by atoms with Gasteiger partial charge in [0.1, 0.15) is 12.1 Å². The zero-order chi connectivity index (χ0) is 33.4. The second-order valence-corrected chi connectivity index (χ2v) is 12.5. The first-order chi connectivity index (χ1) is 21.1. The lowest BCUT2D eigenvalue weighted by Gasteiger charge is -2.36. The Labute approximate surface area is 261 Å². The van der Waals surface area contributed by atoms with Gasteiger partial charge in [-0.15, -0.1) is 0 Å². The van der Waals surface area contributed by atoms with Crippen LogP contribution in [0.1, 0.15) is 76.1 Å². The molecule has 1 aliphatic heterocycles. The smallest absolute Gasteiger partial charge is 0.475 e. The molecular weight excluding hydrogens is 589 g/mol. The summed E-state index contributed by atoms with van der Waals surface area (Å²) in [5.74, 6) is -3.28. The highest BCUT2D eigenvalue weighted by Crippen LogP contribution is 2.31. The predicted octanol–water partition coefficient (Wildman–Crippen LogP) is 4.51. The average molecular weight is 633 g/mol. The van der Waals surface area contributed by atoms with Crippen LogP contribution in [-0.2, 0) is 32.1 Å².